The fourth-order valence-electron chi connectivity index (χ4n) is 5.21. The normalized spacial score (nSPS) is 29.2. The standard InChI is InChI=1S/C22H42O5.C9H17NO5/c1-2-3-4-5-6-7-8-9-10-11-12-13-14-15-18(24)16-19-21(25)22(26)20(17-23)27-19;1-10(2)7(12)3-6-9(14)8(13)5(11)4-15-6/h19-23,25-26H,2-17H2,1H3;5-6,8-9,11,13-14H,3-4H2,1-2H3/t19-,20-,21+,22+;5-,6?,8+,9+/m11/s1. The minimum absolute atomic E-state index is 0.00204. The maximum atomic E-state index is 12.0. The van der Waals surface area contributed by atoms with E-state index in [1.54, 1.807) is 14.1 Å². The highest BCUT2D eigenvalue weighted by Gasteiger charge is 2.42. The number of amides is 1. The van der Waals surface area contributed by atoms with Crippen LogP contribution in [0.2, 0.25) is 0 Å². The third-order valence-corrected chi connectivity index (χ3v) is 8.11. The van der Waals surface area contributed by atoms with Crippen molar-refractivity contribution < 1.29 is 49.7 Å². The molecule has 11 nitrogen and oxygen atoms in total. The minimum atomic E-state index is -1.25. The molecule has 0 radical (unpaired) electrons. The Kier molecular flexibility index (Phi) is 20.7. The summed E-state index contributed by atoms with van der Waals surface area (Å²) in [5.41, 5.74) is 0. The molecule has 6 N–H and O–H groups in total. The van der Waals surface area contributed by atoms with Gasteiger partial charge in [0, 0.05) is 26.9 Å². The Labute approximate surface area is 252 Å². The topological polar surface area (TPSA) is 177 Å². The second-order valence-electron chi connectivity index (χ2n) is 12.0. The van der Waals surface area contributed by atoms with Crippen LogP contribution in [0.5, 0.6) is 0 Å². The molecule has 8 atom stereocenters. The van der Waals surface area contributed by atoms with Gasteiger partial charge in [0.15, 0.2) is 0 Å². The lowest BCUT2D eigenvalue weighted by molar-refractivity contribution is -0.190. The first-order valence-corrected chi connectivity index (χ1v) is 16.0. The van der Waals surface area contributed by atoms with Crippen LogP contribution < -0.4 is 0 Å². The summed E-state index contributed by atoms with van der Waals surface area (Å²) in [6.45, 7) is 1.84. The Hall–Kier alpha value is -1.18. The summed E-state index contributed by atoms with van der Waals surface area (Å²) in [7, 11) is 3.20. The summed E-state index contributed by atoms with van der Waals surface area (Å²) in [6, 6.07) is 0. The highest BCUT2D eigenvalue weighted by molar-refractivity contribution is 5.79. The Morgan fingerprint density at radius 1 is 0.667 bits per heavy atom. The van der Waals surface area contributed by atoms with Crippen LogP contribution in [0.25, 0.3) is 0 Å². The van der Waals surface area contributed by atoms with Crippen LogP contribution in [0.15, 0.2) is 0 Å². The summed E-state index contributed by atoms with van der Waals surface area (Å²) in [5.74, 6) is -0.129. The number of carbonyl (C=O) groups excluding carboxylic acids is 2. The molecule has 2 rings (SSSR count). The van der Waals surface area contributed by atoms with Gasteiger partial charge >= 0.3 is 0 Å². The van der Waals surface area contributed by atoms with Gasteiger partial charge in [-0.1, -0.05) is 84.0 Å². The lowest BCUT2D eigenvalue weighted by Crippen LogP contribution is -2.53. The summed E-state index contributed by atoms with van der Waals surface area (Å²) in [6.07, 6.45) is 9.23. The van der Waals surface area contributed by atoms with Crippen molar-refractivity contribution in [1.29, 1.82) is 0 Å². The molecule has 248 valence electrons. The van der Waals surface area contributed by atoms with E-state index in [0.29, 0.717) is 6.42 Å². The molecule has 42 heavy (non-hydrogen) atoms. The first-order valence-electron chi connectivity index (χ1n) is 16.0. The fourth-order valence-corrected chi connectivity index (χ4v) is 5.21. The molecule has 2 fully saturated rings. The van der Waals surface area contributed by atoms with E-state index in [-0.39, 0.29) is 37.7 Å². The van der Waals surface area contributed by atoms with Gasteiger partial charge in [-0.2, -0.15) is 0 Å². The van der Waals surface area contributed by atoms with Gasteiger partial charge in [0.1, 0.15) is 42.4 Å². The number of unbranched alkanes of at least 4 members (excludes halogenated alkanes) is 12. The molecule has 11 heteroatoms. The number of Topliss-reactive ketones (excluding diaryl/α,β-unsaturated/α-hetero) is 1. The maximum absolute atomic E-state index is 12.0. The van der Waals surface area contributed by atoms with Crippen LogP contribution in [0, 0.1) is 0 Å². The van der Waals surface area contributed by atoms with Crippen molar-refractivity contribution in [3.63, 3.8) is 0 Å². The van der Waals surface area contributed by atoms with Gasteiger partial charge in [-0.05, 0) is 6.42 Å². The number of rotatable bonds is 19. The summed E-state index contributed by atoms with van der Waals surface area (Å²) >= 11 is 0. The predicted molar refractivity (Wildman–Crippen MR) is 159 cm³/mol. The third kappa shape index (κ3) is 15.0. The van der Waals surface area contributed by atoms with Crippen molar-refractivity contribution in [3.05, 3.63) is 0 Å². The van der Waals surface area contributed by atoms with Gasteiger partial charge in [-0.25, -0.2) is 0 Å². The Morgan fingerprint density at radius 2 is 1.14 bits per heavy atom. The smallest absolute Gasteiger partial charge is 0.224 e. The van der Waals surface area contributed by atoms with Crippen molar-refractivity contribution in [3.8, 4) is 0 Å². The van der Waals surface area contributed by atoms with Crippen LogP contribution in [-0.2, 0) is 19.1 Å². The lowest BCUT2D eigenvalue weighted by atomic mass is 9.98. The highest BCUT2D eigenvalue weighted by Crippen LogP contribution is 2.24. The zero-order chi connectivity index (χ0) is 31.5. The first-order chi connectivity index (χ1) is 20.0. The maximum Gasteiger partial charge on any atom is 0.224 e. The summed E-state index contributed by atoms with van der Waals surface area (Å²) in [5, 5.41) is 56.7. The number of nitrogens with zero attached hydrogens (tertiary/aromatic N) is 1. The Balaban J connectivity index is 0.000000495. The van der Waals surface area contributed by atoms with Crippen LogP contribution in [0.3, 0.4) is 0 Å². The number of carbonyl (C=O) groups is 2. The number of aliphatic hydroxyl groups is 6. The van der Waals surface area contributed by atoms with Gasteiger partial charge in [-0.15, -0.1) is 0 Å². The van der Waals surface area contributed by atoms with Crippen molar-refractivity contribution in [1.82, 2.24) is 4.90 Å². The molecule has 0 aliphatic carbocycles. The second-order valence-corrected chi connectivity index (χ2v) is 12.0. The Bertz CT molecular complexity index is 724. The van der Waals surface area contributed by atoms with Gasteiger partial charge in [-0.3, -0.25) is 9.59 Å². The van der Waals surface area contributed by atoms with Crippen molar-refractivity contribution in [2.75, 3.05) is 27.3 Å². The van der Waals surface area contributed by atoms with E-state index in [1.165, 1.54) is 75.5 Å². The van der Waals surface area contributed by atoms with Crippen molar-refractivity contribution in [2.45, 2.75) is 158 Å². The molecular weight excluding hydrogens is 546 g/mol. The molecule has 0 aromatic heterocycles. The average molecular weight is 606 g/mol. The monoisotopic (exact) mass is 605 g/mol. The zero-order valence-electron chi connectivity index (χ0n) is 26.1. The molecule has 1 unspecified atom stereocenters. The molecule has 1 amide bonds. The summed E-state index contributed by atoms with van der Waals surface area (Å²) in [4.78, 5) is 24.7. The van der Waals surface area contributed by atoms with Gasteiger partial charge < -0.3 is 45.0 Å². The van der Waals surface area contributed by atoms with E-state index in [0.717, 1.165) is 12.8 Å². The molecule has 0 aromatic rings. The molecule has 2 aliphatic rings. The molecular formula is C31H59NO10. The quantitative estimate of drug-likeness (QED) is 0.119. The second kappa shape index (κ2) is 22.3. The third-order valence-electron chi connectivity index (χ3n) is 8.11. The summed E-state index contributed by atoms with van der Waals surface area (Å²) < 4.78 is 10.4. The number of ether oxygens (including phenoxy) is 2. The van der Waals surface area contributed by atoms with Gasteiger partial charge in [0.2, 0.25) is 5.91 Å². The molecule has 0 bridgehead atoms. The van der Waals surface area contributed by atoms with Crippen LogP contribution >= 0.6 is 0 Å². The van der Waals surface area contributed by atoms with Gasteiger partial charge in [0.25, 0.3) is 0 Å². The molecule has 2 heterocycles. The van der Waals surface area contributed by atoms with Crippen molar-refractivity contribution in [2.24, 2.45) is 0 Å². The van der Waals surface area contributed by atoms with E-state index in [9.17, 15) is 35.1 Å². The van der Waals surface area contributed by atoms with E-state index in [2.05, 4.69) is 6.92 Å². The molecule has 2 saturated heterocycles. The van der Waals surface area contributed by atoms with Crippen LogP contribution in [0.4, 0.5) is 0 Å². The predicted octanol–water partition coefficient (Wildman–Crippen LogP) is 1.85. The number of hydrogen-bond acceptors (Lipinski definition) is 10. The number of aliphatic hydroxyl groups excluding tert-OH is 6. The molecule has 0 saturated carbocycles. The Morgan fingerprint density at radius 3 is 1.62 bits per heavy atom. The van der Waals surface area contributed by atoms with E-state index in [1.807, 2.05) is 0 Å². The van der Waals surface area contributed by atoms with Gasteiger partial charge in [0.05, 0.1) is 31.8 Å². The molecule has 0 spiro atoms. The molecule has 0 aromatic carbocycles. The first kappa shape index (κ1) is 38.8. The van der Waals surface area contributed by atoms with E-state index in [4.69, 9.17) is 14.6 Å². The SMILES string of the molecule is CCCCCCCCCCCCCCCC(=O)C[C@H]1O[C@H](CO)[C@H](O)[C@H]1O.CN(C)C(=O)CC1OC[C@@H](O)[C@H](O)[C@H]1O. The number of hydrogen-bond donors (Lipinski definition) is 6. The van der Waals surface area contributed by atoms with Crippen LogP contribution in [-0.4, -0.2) is 123 Å². The van der Waals surface area contributed by atoms with Crippen molar-refractivity contribution >= 4 is 11.7 Å². The highest BCUT2D eigenvalue weighted by atomic mass is 16.6. The average Bonchev–Trinajstić information content (AvgIpc) is 3.23. The fraction of sp³-hybridized carbons (Fsp3) is 0.935. The lowest BCUT2D eigenvalue weighted by Gasteiger charge is -2.35. The van der Waals surface area contributed by atoms with E-state index < -0.39 is 48.8 Å². The largest absolute Gasteiger partial charge is 0.394 e. The molecule has 2 aliphatic heterocycles. The number of ketones is 1. The zero-order valence-corrected chi connectivity index (χ0v) is 26.1. The minimum Gasteiger partial charge on any atom is -0.394 e. The van der Waals surface area contributed by atoms with Crippen LogP contribution in [0.1, 0.15) is 110 Å². The van der Waals surface area contributed by atoms with E-state index >= 15 is 0 Å².